The number of rotatable bonds is 5. The molecule has 1 saturated heterocycles. The molecule has 1 aliphatic heterocycles. The Hall–Kier alpha value is -1.19. The van der Waals surface area contributed by atoms with Crippen LogP contribution in [0.2, 0.25) is 0 Å². The van der Waals surface area contributed by atoms with E-state index < -0.39 is 0 Å². The molecule has 0 bridgehead atoms. The van der Waals surface area contributed by atoms with Gasteiger partial charge in [-0.2, -0.15) is 0 Å². The second kappa shape index (κ2) is 7.19. The minimum absolute atomic E-state index is 0.0741. The van der Waals surface area contributed by atoms with Gasteiger partial charge in [-0.3, -0.25) is 9.69 Å². The van der Waals surface area contributed by atoms with Crippen molar-refractivity contribution in [1.82, 2.24) is 4.90 Å². The lowest BCUT2D eigenvalue weighted by molar-refractivity contribution is 0.0497. The van der Waals surface area contributed by atoms with Gasteiger partial charge in [0.1, 0.15) is 0 Å². The van der Waals surface area contributed by atoms with Gasteiger partial charge in [0.25, 0.3) is 0 Å². The Kier molecular flexibility index (Phi) is 5.54. The highest BCUT2D eigenvalue weighted by atomic mass is 16.5. The minimum atomic E-state index is -0.0741. The van der Waals surface area contributed by atoms with Crippen molar-refractivity contribution in [3.8, 4) is 0 Å². The first-order chi connectivity index (χ1) is 9.99. The summed E-state index contributed by atoms with van der Waals surface area (Å²) in [5.41, 5.74) is 3.24. The Morgan fingerprint density at radius 2 is 1.95 bits per heavy atom. The molecule has 1 heterocycles. The number of benzene rings is 1. The summed E-state index contributed by atoms with van der Waals surface area (Å²) in [6.45, 7) is 8.83. The summed E-state index contributed by atoms with van der Waals surface area (Å²) in [7, 11) is 2.05. The number of carbonyl (C=O) groups excluding carboxylic acids is 1. The predicted octanol–water partition coefficient (Wildman–Crippen LogP) is 3.23. The van der Waals surface area contributed by atoms with Crippen LogP contribution in [0.1, 0.15) is 41.3 Å². The predicted molar refractivity (Wildman–Crippen MR) is 85.9 cm³/mol. The molecule has 116 valence electrons. The topological polar surface area (TPSA) is 29.5 Å². The van der Waals surface area contributed by atoms with Crippen molar-refractivity contribution in [2.24, 2.45) is 5.92 Å². The number of aryl methyl sites for hydroxylation is 2. The number of ketones is 1. The van der Waals surface area contributed by atoms with Gasteiger partial charge >= 0.3 is 0 Å². The second-order valence-corrected chi connectivity index (χ2v) is 6.33. The molecule has 1 aromatic rings. The van der Waals surface area contributed by atoms with E-state index in [2.05, 4.69) is 25.8 Å². The summed E-state index contributed by atoms with van der Waals surface area (Å²) in [5.74, 6) is 0.867. The van der Waals surface area contributed by atoms with Crippen LogP contribution in [0.4, 0.5) is 0 Å². The molecule has 0 aliphatic carbocycles. The smallest absolute Gasteiger partial charge is 0.179 e. The zero-order chi connectivity index (χ0) is 15.4. The van der Waals surface area contributed by atoms with Gasteiger partial charge in [-0.15, -0.1) is 0 Å². The van der Waals surface area contributed by atoms with Crippen LogP contribution in [0.3, 0.4) is 0 Å². The number of likely N-dealkylation sites (N-methyl/N-ethyl adjacent to an activating group) is 1. The van der Waals surface area contributed by atoms with Crippen molar-refractivity contribution in [1.29, 1.82) is 0 Å². The Labute approximate surface area is 128 Å². The van der Waals surface area contributed by atoms with E-state index >= 15 is 0 Å². The normalized spacial score (nSPS) is 18.0. The number of ether oxygens (including phenoxy) is 1. The highest BCUT2D eigenvalue weighted by Crippen LogP contribution is 2.18. The number of nitrogens with zero attached hydrogens (tertiary/aromatic N) is 1. The molecule has 3 nitrogen and oxygen atoms in total. The van der Waals surface area contributed by atoms with Gasteiger partial charge in [-0.1, -0.05) is 12.1 Å². The quantitative estimate of drug-likeness (QED) is 0.779. The van der Waals surface area contributed by atoms with Crippen molar-refractivity contribution in [3.63, 3.8) is 0 Å². The van der Waals surface area contributed by atoms with E-state index in [1.54, 1.807) is 0 Å². The van der Waals surface area contributed by atoms with Gasteiger partial charge in [-0.25, -0.2) is 0 Å². The molecule has 2 rings (SSSR count). The minimum Gasteiger partial charge on any atom is -0.381 e. The standard InChI is InChI=1S/C18H27NO2/c1-13-5-6-17(11-14(13)2)18(20)15(3)19(4)12-16-7-9-21-10-8-16/h5-6,11,15-16H,7-10,12H2,1-4H3. The first kappa shape index (κ1) is 16.2. The number of hydrogen-bond donors (Lipinski definition) is 0. The molecule has 0 aromatic heterocycles. The molecule has 1 aliphatic rings. The van der Waals surface area contributed by atoms with E-state index in [0.29, 0.717) is 5.92 Å². The lowest BCUT2D eigenvalue weighted by Gasteiger charge is -2.30. The average Bonchev–Trinajstić information content (AvgIpc) is 2.49. The van der Waals surface area contributed by atoms with Crippen molar-refractivity contribution in [2.75, 3.05) is 26.8 Å². The molecule has 3 heteroatoms. The SMILES string of the molecule is Cc1ccc(C(=O)C(C)N(C)CC2CCOCC2)cc1C. The molecule has 21 heavy (non-hydrogen) atoms. The van der Waals surface area contributed by atoms with E-state index in [1.165, 1.54) is 11.1 Å². The summed E-state index contributed by atoms with van der Waals surface area (Å²) in [4.78, 5) is 14.8. The fraction of sp³-hybridized carbons (Fsp3) is 0.611. The molecular formula is C18H27NO2. The monoisotopic (exact) mass is 289 g/mol. The molecular weight excluding hydrogens is 262 g/mol. The fourth-order valence-electron chi connectivity index (χ4n) is 2.83. The van der Waals surface area contributed by atoms with Crippen molar-refractivity contribution < 1.29 is 9.53 Å². The Morgan fingerprint density at radius 1 is 1.29 bits per heavy atom. The third kappa shape index (κ3) is 4.14. The van der Waals surface area contributed by atoms with E-state index in [1.807, 2.05) is 25.1 Å². The van der Waals surface area contributed by atoms with Crippen LogP contribution in [0, 0.1) is 19.8 Å². The summed E-state index contributed by atoms with van der Waals surface area (Å²) >= 11 is 0. The van der Waals surface area contributed by atoms with E-state index in [0.717, 1.165) is 38.2 Å². The Morgan fingerprint density at radius 3 is 2.57 bits per heavy atom. The van der Waals surface area contributed by atoms with Gasteiger partial charge in [0.15, 0.2) is 5.78 Å². The molecule has 1 fully saturated rings. The Balaban J connectivity index is 1.98. The van der Waals surface area contributed by atoms with Crippen molar-refractivity contribution >= 4 is 5.78 Å². The highest BCUT2D eigenvalue weighted by molar-refractivity contribution is 6.00. The van der Waals surface area contributed by atoms with Crippen molar-refractivity contribution in [3.05, 3.63) is 34.9 Å². The lowest BCUT2D eigenvalue weighted by Crippen LogP contribution is -2.40. The molecule has 0 saturated carbocycles. The van der Waals surface area contributed by atoms with Gasteiger partial charge in [0.2, 0.25) is 0 Å². The first-order valence-corrected chi connectivity index (χ1v) is 7.88. The van der Waals surface area contributed by atoms with Crippen LogP contribution in [0.5, 0.6) is 0 Å². The largest absolute Gasteiger partial charge is 0.381 e. The Bertz CT molecular complexity index is 492. The van der Waals surface area contributed by atoms with Gasteiger partial charge in [-0.05, 0) is 63.8 Å². The van der Waals surface area contributed by atoms with Crippen LogP contribution in [0.15, 0.2) is 18.2 Å². The summed E-state index contributed by atoms with van der Waals surface area (Å²) in [5, 5.41) is 0. The summed E-state index contributed by atoms with van der Waals surface area (Å²) in [6.07, 6.45) is 2.21. The number of Topliss-reactive ketones (excluding diaryl/α,β-unsaturated/α-hetero) is 1. The van der Waals surface area contributed by atoms with E-state index in [-0.39, 0.29) is 11.8 Å². The van der Waals surface area contributed by atoms with E-state index in [9.17, 15) is 4.79 Å². The average molecular weight is 289 g/mol. The summed E-state index contributed by atoms with van der Waals surface area (Å²) in [6, 6.07) is 5.92. The number of hydrogen-bond acceptors (Lipinski definition) is 3. The first-order valence-electron chi connectivity index (χ1n) is 7.88. The second-order valence-electron chi connectivity index (χ2n) is 6.33. The van der Waals surface area contributed by atoms with Crippen LogP contribution >= 0.6 is 0 Å². The van der Waals surface area contributed by atoms with Gasteiger partial charge < -0.3 is 4.74 Å². The number of carbonyl (C=O) groups is 1. The van der Waals surface area contributed by atoms with Gasteiger partial charge in [0.05, 0.1) is 6.04 Å². The van der Waals surface area contributed by atoms with Crippen LogP contribution < -0.4 is 0 Å². The molecule has 1 unspecified atom stereocenters. The molecule has 0 radical (unpaired) electrons. The van der Waals surface area contributed by atoms with E-state index in [4.69, 9.17) is 4.74 Å². The van der Waals surface area contributed by atoms with Gasteiger partial charge in [0, 0.05) is 25.3 Å². The van der Waals surface area contributed by atoms with Crippen LogP contribution in [-0.4, -0.2) is 43.5 Å². The molecule has 0 N–H and O–H groups in total. The lowest BCUT2D eigenvalue weighted by atomic mass is 9.97. The summed E-state index contributed by atoms with van der Waals surface area (Å²) < 4.78 is 5.40. The van der Waals surface area contributed by atoms with Crippen LogP contribution in [-0.2, 0) is 4.74 Å². The van der Waals surface area contributed by atoms with Crippen molar-refractivity contribution in [2.45, 2.75) is 39.7 Å². The maximum atomic E-state index is 12.6. The third-order valence-electron chi connectivity index (χ3n) is 4.72. The maximum absolute atomic E-state index is 12.6. The third-order valence-corrected chi connectivity index (χ3v) is 4.72. The zero-order valence-electron chi connectivity index (χ0n) is 13.7. The highest BCUT2D eigenvalue weighted by Gasteiger charge is 2.23. The molecule has 0 spiro atoms. The molecule has 1 aromatic carbocycles. The fourth-order valence-corrected chi connectivity index (χ4v) is 2.83. The molecule has 0 amide bonds. The maximum Gasteiger partial charge on any atom is 0.179 e. The zero-order valence-corrected chi connectivity index (χ0v) is 13.7. The molecule has 1 atom stereocenters. The van der Waals surface area contributed by atoms with Crippen LogP contribution in [0.25, 0.3) is 0 Å².